The Morgan fingerprint density at radius 2 is 2.16 bits per heavy atom. The Kier molecular flexibility index (Phi) is 3.77. The molecule has 2 rings (SSSR count). The molecule has 0 spiro atoms. The topological polar surface area (TPSA) is 89.5 Å². The average molecular weight is 282 g/mol. The summed E-state index contributed by atoms with van der Waals surface area (Å²) in [4.78, 5) is 4.04. The van der Waals surface area contributed by atoms with Crippen molar-refractivity contribution in [3.05, 3.63) is 24.4 Å². The van der Waals surface area contributed by atoms with Crippen molar-refractivity contribution in [3.63, 3.8) is 0 Å². The first-order valence-electron chi connectivity index (χ1n) is 6.14. The number of anilines is 1. The SMILES string of the molecule is CC(C)CCNS(=O)(=O)c1c(N)nc2ccccn12. The van der Waals surface area contributed by atoms with E-state index < -0.39 is 10.0 Å². The fourth-order valence-corrected chi connectivity index (χ4v) is 3.07. The molecule has 0 bridgehead atoms. The molecule has 2 aromatic heterocycles. The highest BCUT2D eigenvalue weighted by Gasteiger charge is 2.23. The zero-order chi connectivity index (χ0) is 14.0. The van der Waals surface area contributed by atoms with Crippen molar-refractivity contribution in [1.82, 2.24) is 14.1 Å². The molecular weight excluding hydrogens is 264 g/mol. The van der Waals surface area contributed by atoms with Gasteiger partial charge in [0.05, 0.1) is 0 Å². The van der Waals surface area contributed by atoms with Crippen molar-refractivity contribution in [1.29, 1.82) is 0 Å². The highest BCUT2D eigenvalue weighted by atomic mass is 32.2. The summed E-state index contributed by atoms with van der Waals surface area (Å²) in [5, 5.41) is 0.00635. The Balaban J connectivity index is 2.35. The Labute approximate surface area is 112 Å². The number of nitrogens with two attached hydrogens (primary N) is 1. The molecule has 0 unspecified atom stereocenters. The minimum Gasteiger partial charge on any atom is -0.381 e. The normalized spacial score (nSPS) is 12.4. The third-order valence-corrected chi connectivity index (χ3v) is 4.28. The number of hydrogen-bond donors (Lipinski definition) is 2. The van der Waals surface area contributed by atoms with E-state index >= 15 is 0 Å². The summed E-state index contributed by atoms with van der Waals surface area (Å²) in [7, 11) is -3.64. The Morgan fingerprint density at radius 3 is 2.84 bits per heavy atom. The van der Waals surface area contributed by atoms with Gasteiger partial charge in [-0.25, -0.2) is 18.1 Å². The summed E-state index contributed by atoms with van der Waals surface area (Å²) in [6, 6.07) is 5.23. The molecule has 0 radical (unpaired) electrons. The van der Waals surface area contributed by atoms with Crippen LogP contribution in [0.3, 0.4) is 0 Å². The van der Waals surface area contributed by atoms with Crippen molar-refractivity contribution >= 4 is 21.5 Å². The molecule has 0 amide bonds. The molecule has 104 valence electrons. The lowest BCUT2D eigenvalue weighted by Crippen LogP contribution is -2.27. The Morgan fingerprint density at radius 1 is 1.42 bits per heavy atom. The van der Waals surface area contributed by atoms with Gasteiger partial charge in [0.25, 0.3) is 10.0 Å². The number of aromatic nitrogens is 2. The van der Waals surface area contributed by atoms with Crippen LogP contribution in [0.1, 0.15) is 20.3 Å². The van der Waals surface area contributed by atoms with Crippen molar-refractivity contribution in [2.75, 3.05) is 12.3 Å². The van der Waals surface area contributed by atoms with E-state index in [9.17, 15) is 8.42 Å². The number of sulfonamides is 1. The zero-order valence-electron chi connectivity index (χ0n) is 11.0. The van der Waals surface area contributed by atoms with Gasteiger partial charge in [0.2, 0.25) is 0 Å². The molecule has 2 heterocycles. The van der Waals surface area contributed by atoms with Crippen LogP contribution in [0.25, 0.3) is 5.65 Å². The lowest BCUT2D eigenvalue weighted by atomic mass is 10.1. The summed E-state index contributed by atoms with van der Waals surface area (Å²) in [6.45, 7) is 4.47. The molecule has 0 aromatic carbocycles. The van der Waals surface area contributed by atoms with Gasteiger partial charge < -0.3 is 5.73 Å². The van der Waals surface area contributed by atoms with Crippen molar-refractivity contribution in [3.8, 4) is 0 Å². The van der Waals surface area contributed by atoms with E-state index in [0.717, 1.165) is 6.42 Å². The standard InChI is InChI=1S/C12H18N4O2S/c1-9(2)6-7-14-19(17,18)12-11(13)15-10-5-3-4-8-16(10)12/h3-5,8-9,14H,6-7,13H2,1-2H3. The van der Waals surface area contributed by atoms with E-state index in [2.05, 4.69) is 9.71 Å². The maximum Gasteiger partial charge on any atom is 0.260 e. The highest BCUT2D eigenvalue weighted by Crippen LogP contribution is 2.19. The first-order chi connectivity index (χ1) is 8.92. The molecule has 6 nitrogen and oxygen atoms in total. The monoisotopic (exact) mass is 282 g/mol. The Hall–Kier alpha value is -1.60. The van der Waals surface area contributed by atoms with Gasteiger partial charge in [-0.1, -0.05) is 19.9 Å². The van der Waals surface area contributed by atoms with Crippen LogP contribution in [0.5, 0.6) is 0 Å². The number of hydrogen-bond acceptors (Lipinski definition) is 4. The molecule has 0 atom stereocenters. The fraction of sp³-hybridized carbons (Fsp3) is 0.417. The van der Waals surface area contributed by atoms with Crippen molar-refractivity contribution < 1.29 is 8.42 Å². The van der Waals surface area contributed by atoms with E-state index in [0.29, 0.717) is 18.1 Å². The first-order valence-corrected chi connectivity index (χ1v) is 7.62. The lowest BCUT2D eigenvalue weighted by Gasteiger charge is -2.08. The molecule has 0 fully saturated rings. The molecule has 0 saturated carbocycles. The highest BCUT2D eigenvalue weighted by molar-refractivity contribution is 7.89. The minimum absolute atomic E-state index is 0.00635. The molecule has 0 aliphatic carbocycles. The van der Waals surface area contributed by atoms with Gasteiger partial charge in [0.1, 0.15) is 5.65 Å². The second kappa shape index (κ2) is 5.18. The smallest absolute Gasteiger partial charge is 0.260 e. The number of rotatable bonds is 5. The number of imidazole rings is 1. The van der Waals surface area contributed by atoms with Crippen molar-refractivity contribution in [2.24, 2.45) is 5.92 Å². The predicted molar refractivity (Wildman–Crippen MR) is 74.2 cm³/mol. The first kappa shape index (κ1) is 13.8. The van der Waals surface area contributed by atoms with Crippen LogP contribution in [-0.4, -0.2) is 24.3 Å². The molecular formula is C12H18N4O2S. The van der Waals surface area contributed by atoms with E-state index in [-0.39, 0.29) is 10.8 Å². The summed E-state index contributed by atoms with van der Waals surface area (Å²) in [5.41, 5.74) is 6.24. The minimum atomic E-state index is -3.64. The molecule has 0 aliphatic rings. The lowest BCUT2D eigenvalue weighted by molar-refractivity contribution is 0.549. The molecule has 19 heavy (non-hydrogen) atoms. The molecule has 3 N–H and O–H groups in total. The van der Waals surface area contributed by atoms with Gasteiger partial charge in [0.15, 0.2) is 10.8 Å². The van der Waals surface area contributed by atoms with Crippen LogP contribution in [0.4, 0.5) is 5.82 Å². The quantitative estimate of drug-likeness (QED) is 0.863. The number of nitrogens with zero attached hydrogens (tertiary/aromatic N) is 2. The van der Waals surface area contributed by atoms with Crippen molar-refractivity contribution in [2.45, 2.75) is 25.3 Å². The number of nitrogens with one attached hydrogen (secondary N) is 1. The maximum absolute atomic E-state index is 12.3. The largest absolute Gasteiger partial charge is 0.381 e. The second-order valence-electron chi connectivity index (χ2n) is 4.81. The van der Waals surface area contributed by atoms with E-state index in [1.807, 2.05) is 13.8 Å². The average Bonchev–Trinajstić information content (AvgIpc) is 2.64. The van der Waals surface area contributed by atoms with Crippen LogP contribution < -0.4 is 10.5 Å². The maximum atomic E-state index is 12.3. The Bertz CT molecular complexity index is 676. The number of pyridine rings is 1. The van der Waals surface area contributed by atoms with Gasteiger partial charge in [-0.15, -0.1) is 0 Å². The zero-order valence-corrected chi connectivity index (χ0v) is 11.8. The molecule has 0 saturated heterocycles. The predicted octanol–water partition coefficient (Wildman–Crippen LogP) is 1.24. The van der Waals surface area contributed by atoms with Crippen LogP contribution >= 0.6 is 0 Å². The number of nitrogen functional groups attached to an aromatic ring is 1. The third-order valence-electron chi connectivity index (χ3n) is 2.78. The van der Waals surface area contributed by atoms with E-state index in [1.54, 1.807) is 24.4 Å². The summed E-state index contributed by atoms with van der Waals surface area (Å²) in [5.74, 6) is 0.450. The molecule has 7 heteroatoms. The van der Waals surface area contributed by atoms with E-state index in [4.69, 9.17) is 5.73 Å². The number of fused-ring (bicyclic) bond motifs is 1. The second-order valence-corrected chi connectivity index (χ2v) is 6.49. The van der Waals surface area contributed by atoms with E-state index in [1.165, 1.54) is 4.40 Å². The summed E-state index contributed by atoms with van der Waals surface area (Å²) < 4.78 is 28.6. The van der Waals surface area contributed by atoms with Crippen LogP contribution in [-0.2, 0) is 10.0 Å². The van der Waals surface area contributed by atoms with Crippen LogP contribution in [0, 0.1) is 5.92 Å². The third kappa shape index (κ3) is 2.87. The summed E-state index contributed by atoms with van der Waals surface area (Å²) >= 11 is 0. The van der Waals surface area contributed by atoms with Gasteiger partial charge in [-0.05, 0) is 24.5 Å². The van der Waals surface area contributed by atoms with Gasteiger partial charge in [0, 0.05) is 12.7 Å². The van der Waals surface area contributed by atoms with Gasteiger partial charge >= 0.3 is 0 Å². The molecule has 2 aromatic rings. The van der Waals surface area contributed by atoms with Gasteiger partial charge in [-0.2, -0.15) is 0 Å². The van der Waals surface area contributed by atoms with Crippen LogP contribution in [0.2, 0.25) is 0 Å². The van der Waals surface area contributed by atoms with Crippen LogP contribution in [0.15, 0.2) is 29.4 Å². The summed E-state index contributed by atoms with van der Waals surface area (Å²) in [6.07, 6.45) is 2.41. The fourth-order valence-electron chi connectivity index (χ4n) is 1.81. The van der Waals surface area contributed by atoms with Gasteiger partial charge in [-0.3, -0.25) is 4.40 Å². The molecule has 0 aliphatic heterocycles.